The molecule has 2 nitrogen and oxygen atoms in total. The zero-order valence-electron chi connectivity index (χ0n) is 6.60. The first-order chi connectivity index (χ1) is 6.29. The molecule has 0 unspecified atom stereocenters. The van der Waals surface area contributed by atoms with Gasteiger partial charge in [-0.2, -0.15) is 0 Å². The van der Waals surface area contributed by atoms with Gasteiger partial charge in [-0.15, -0.1) is 0 Å². The normalized spacial score (nSPS) is 11.7. The van der Waals surface area contributed by atoms with Crippen LogP contribution in [0.5, 0.6) is 0 Å². The summed E-state index contributed by atoms with van der Waals surface area (Å²) in [5.74, 6) is -2.71. The number of hydrogen-bond acceptors (Lipinski definition) is 2. The maximum Gasteiger partial charge on any atom is 0.236 e. The van der Waals surface area contributed by atoms with Crippen LogP contribution in [-0.4, -0.2) is 8.42 Å². The topological polar surface area (TPSA) is 34.1 Å². The zero-order valence-corrected chi connectivity index (χ0v) is 9.76. The molecule has 0 amide bonds. The van der Waals surface area contributed by atoms with Gasteiger partial charge in [0.25, 0.3) is 0 Å². The minimum Gasteiger partial charge on any atom is -0.212 e. The Morgan fingerprint density at radius 2 is 1.79 bits per heavy atom. The molecular weight excluding hydrogens is 301 g/mol. The summed E-state index contributed by atoms with van der Waals surface area (Å²) in [7, 11) is 1.19. The van der Waals surface area contributed by atoms with Crippen LogP contribution in [0.2, 0.25) is 0 Å². The van der Waals surface area contributed by atoms with Crippen molar-refractivity contribution in [1.29, 1.82) is 0 Å². The van der Waals surface area contributed by atoms with Crippen molar-refractivity contribution in [3.05, 3.63) is 33.8 Å². The molecule has 0 aliphatic carbocycles. The first-order valence-electron chi connectivity index (χ1n) is 3.35. The van der Waals surface area contributed by atoms with E-state index in [1.165, 1.54) is 0 Å². The van der Waals surface area contributed by atoms with Gasteiger partial charge in [0.15, 0.2) is 11.6 Å². The van der Waals surface area contributed by atoms with E-state index in [1.54, 1.807) is 0 Å². The van der Waals surface area contributed by atoms with Gasteiger partial charge >= 0.3 is 0 Å². The van der Waals surface area contributed by atoms with Gasteiger partial charge in [0.1, 0.15) is 0 Å². The fourth-order valence-electron chi connectivity index (χ4n) is 0.860. The van der Waals surface area contributed by atoms with Crippen LogP contribution >= 0.6 is 26.6 Å². The molecule has 0 radical (unpaired) electrons. The first kappa shape index (κ1) is 11.9. The number of benzene rings is 1. The number of hydrogen-bond donors (Lipinski definition) is 0. The molecule has 0 N–H and O–H groups in total. The summed E-state index contributed by atoms with van der Waals surface area (Å²) in [4.78, 5) is 0. The molecule has 1 rings (SSSR count). The fourth-order valence-corrected chi connectivity index (χ4v) is 2.46. The molecule has 0 heterocycles. The van der Waals surface area contributed by atoms with Gasteiger partial charge in [-0.1, -0.05) is 15.9 Å². The quantitative estimate of drug-likeness (QED) is 0.622. The summed E-state index contributed by atoms with van der Waals surface area (Å²) in [5.41, 5.74) is 0.0823. The molecule has 0 saturated heterocycles. The van der Waals surface area contributed by atoms with Gasteiger partial charge in [0.2, 0.25) is 9.05 Å². The van der Waals surface area contributed by atoms with Crippen LogP contribution in [-0.2, 0) is 14.8 Å². The Bertz CT molecular complexity index is 461. The average molecular weight is 306 g/mol. The second-order valence-corrected chi connectivity index (χ2v) is 6.17. The van der Waals surface area contributed by atoms with E-state index in [4.69, 9.17) is 10.7 Å². The molecule has 1 aromatic rings. The fraction of sp³-hybridized carbons (Fsp3) is 0.143. The van der Waals surface area contributed by atoms with Crippen LogP contribution in [0.4, 0.5) is 8.78 Å². The average Bonchev–Trinajstić information content (AvgIpc) is 1.97. The van der Waals surface area contributed by atoms with Crippen LogP contribution in [0.3, 0.4) is 0 Å². The third-order valence-corrected chi connectivity index (χ3v) is 3.14. The van der Waals surface area contributed by atoms with Crippen molar-refractivity contribution in [2.24, 2.45) is 0 Å². The Morgan fingerprint density at radius 3 is 2.29 bits per heavy atom. The zero-order chi connectivity index (χ0) is 10.9. The van der Waals surface area contributed by atoms with Crippen LogP contribution < -0.4 is 0 Å². The molecule has 0 fully saturated rings. The van der Waals surface area contributed by atoms with Gasteiger partial charge in [-0.25, -0.2) is 17.2 Å². The molecule has 0 atom stereocenters. The van der Waals surface area contributed by atoms with E-state index >= 15 is 0 Å². The highest BCUT2D eigenvalue weighted by Crippen LogP contribution is 2.23. The standard InChI is InChI=1S/C7H4BrClF2O2S/c8-5-2-7(11)6(10)1-4(5)3-14(9,12)13/h1-2H,3H2. The molecular formula is C7H4BrClF2O2S. The predicted molar refractivity (Wildman–Crippen MR) is 52.5 cm³/mol. The van der Waals surface area contributed by atoms with E-state index in [0.717, 1.165) is 12.1 Å². The monoisotopic (exact) mass is 304 g/mol. The third kappa shape index (κ3) is 3.18. The Kier molecular flexibility index (Phi) is 3.49. The van der Waals surface area contributed by atoms with Crippen molar-refractivity contribution < 1.29 is 17.2 Å². The van der Waals surface area contributed by atoms with E-state index in [-0.39, 0.29) is 10.0 Å². The van der Waals surface area contributed by atoms with E-state index in [2.05, 4.69) is 15.9 Å². The number of halogens is 4. The molecule has 0 aliphatic heterocycles. The van der Waals surface area contributed by atoms with E-state index in [1.807, 2.05) is 0 Å². The van der Waals surface area contributed by atoms with E-state index in [0.29, 0.717) is 0 Å². The Labute approximate surface area is 92.4 Å². The van der Waals surface area contributed by atoms with Crippen LogP contribution in [0, 0.1) is 11.6 Å². The molecule has 7 heteroatoms. The van der Waals surface area contributed by atoms with Crippen LogP contribution in [0.25, 0.3) is 0 Å². The lowest BCUT2D eigenvalue weighted by atomic mass is 10.2. The van der Waals surface area contributed by atoms with E-state index in [9.17, 15) is 17.2 Å². The molecule has 14 heavy (non-hydrogen) atoms. The Hall–Kier alpha value is -0.200. The largest absolute Gasteiger partial charge is 0.236 e. The molecule has 0 aromatic heterocycles. The smallest absolute Gasteiger partial charge is 0.212 e. The predicted octanol–water partition coefficient (Wildman–Crippen LogP) is 2.80. The summed E-state index contributed by atoms with van der Waals surface area (Å²) in [6, 6.07) is 1.64. The van der Waals surface area contributed by atoms with Gasteiger partial charge in [0.05, 0.1) is 5.75 Å². The summed E-state index contributed by atoms with van der Waals surface area (Å²) in [6.45, 7) is 0. The van der Waals surface area contributed by atoms with Gasteiger partial charge < -0.3 is 0 Å². The van der Waals surface area contributed by atoms with Gasteiger partial charge in [-0.3, -0.25) is 0 Å². The molecule has 0 spiro atoms. The van der Waals surface area contributed by atoms with Crippen molar-refractivity contribution in [2.45, 2.75) is 5.75 Å². The van der Waals surface area contributed by atoms with Crippen molar-refractivity contribution in [2.75, 3.05) is 0 Å². The molecule has 1 aromatic carbocycles. The highest BCUT2D eigenvalue weighted by atomic mass is 79.9. The second kappa shape index (κ2) is 4.12. The lowest BCUT2D eigenvalue weighted by Gasteiger charge is -2.02. The van der Waals surface area contributed by atoms with Crippen molar-refractivity contribution in [3.8, 4) is 0 Å². The molecule has 0 bridgehead atoms. The lowest BCUT2D eigenvalue weighted by Crippen LogP contribution is -1.98. The third-order valence-electron chi connectivity index (χ3n) is 1.42. The molecule has 0 aliphatic rings. The highest BCUT2D eigenvalue weighted by Gasteiger charge is 2.13. The Balaban J connectivity index is 3.17. The van der Waals surface area contributed by atoms with Crippen LogP contribution in [0.15, 0.2) is 16.6 Å². The van der Waals surface area contributed by atoms with Crippen molar-refractivity contribution in [1.82, 2.24) is 0 Å². The maximum absolute atomic E-state index is 12.7. The highest BCUT2D eigenvalue weighted by molar-refractivity contribution is 9.10. The summed E-state index contributed by atoms with van der Waals surface area (Å²) < 4.78 is 46.8. The maximum atomic E-state index is 12.7. The van der Waals surface area contributed by atoms with Crippen LogP contribution in [0.1, 0.15) is 5.56 Å². The van der Waals surface area contributed by atoms with E-state index < -0.39 is 26.4 Å². The van der Waals surface area contributed by atoms with Gasteiger partial charge in [0, 0.05) is 15.2 Å². The molecule has 78 valence electrons. The minimum atomic E-state index is -3.78. The minimum absolute atomic E-state index is 0.0823. The lowest BCUT2D eigenvalue weighted by molar-refractivity contribution is 0.506. The second-order valence-electron chi connectivity index (χ2n) is 2.54. The molecule has 0 saturated carbocycles. The Morgan fingerprint density at radius 1 is 1.29 bits per heavy atom. The summed E-state index contributed by atoms with van der Waals surface area (Å²) in [6.07, 6.45) is 0. The van der Waals surface area contributed by atoms with Crippen molar-refractivity contribution in [3.63, 3.8) is 0 Å². The number of rotatable bonds is 2. The SMILES string of the molecule is O=S(=O)(Cl)Cc1cc(F)c(F)cc1Br. The van der Waals surface area contributed by atoms with Crippen molar-refractivity contribution >= 4 is 35.7 Å². The first-order valence-corrected chi connectivity index (χ1v) is 6.62. The summed E-state index contributed by atoms with van der Waals surface area (Å²) >= 11 is 2.90. The van der Waals surface area contributed by atoms with Gasteiger partial charge in [-0.05, 0) is 17.7 Å². The summed E-state index contributed by atoms with van der Waals surface area (Å²) in [5, 5.41) is 0.